The van der Waals surface area contributed by atoms with Crippen LogP contribution in [-0.2, 0) is 0 Å². The highest BCUT2D eigenvalue weighted by atomic mass is 16.4. The molecule has 0 bridgehead atoms. The van der Waals surface area contributed by atoms with Crippen LogP contribution in [0, 0.1) is 6.92 Å². The number of aromatic amines is 1. The third-order valence-electron chi connectivity index (χ3n) is 0.741. The molecule has 0 radical (unpaired) electrons. The molecule has 48 valence electrons. The molecule has 0 unspecified atom stereocenters. The first-order valence-corrected chi connectivity index (χ1v) is 2.26. The molecule has 0 saturated heterocycles. The second-order valence-electron chi connectivity index (χ2n) is 1.46. The van der Waals surface area contributed by atoms with Gasteiger partial charge >= 0.3 is 11.2 Å². The Balaban J connectivity index is 3.53. The van der Waals surface area contributed by atoms with Crippen LogP contribution in [0.3, 0.4) is 0 Å². The molecule has 1 heterocycles. The number of rotatable bonds is 0. The Labute approximate surface area is 49.3 Å². The maximum Gasteiger partial charge on any atom is 0.405 e. The molecular weight excluding hydrogens is 124 g/mol. The lowest BCUT2D eigenvalue weighted by Crippen LogP contribution is -2.27. The summed E-state index contributed by atoms with van der Waals surface area (Å²) in [5.74, 6) is 0.152. The zero-order valence-corrected chi connectivity index (χ0v) is 4.67. The van der Waals surface area contributed by atoms with E-state index in [2.05, 4.69) is 9.52 Å². The standard InChI is InChI=1S/C4H4N2O3/c1-2-5-6-3(7)4(8)9-2/h1H3,(H,6,7). The van der Waals surface area contributed by atoms with Gasteiger partial charge < -0.3 is 4.42 Å². The topological polar surface area (TPSA) is 76.0 Å². The third-order valence-corrected chi connectivity index (χ3v) is 0.741. The van der Waals surface area contributed by atoms with Crippen LogP contribution in [-0.4, -0.2) is 10.2 Å². The molecule has 0 atom stereocenters. The van der Waals surface area contributed by atoms with E-state index in [4.69, 9.17) is 0 Å². The van der Waals surface area contributed by atoms with Crippen molar-refractivity contribution < 1.29 is 4.42 Å². The smallest absolute Gasteiger partial charge is 0.403 e. The molecule has 0 aliphatic heterocycles. The maximum atomic E-state index is 10.3. The normalized spacial score (nSPS) is 9.44. The summed E-state index contributed by atoms with van der Waals surface area (Å²) < 4.78 is 4.30. The highest BCUT2D eigenvalue weighted by molar-refractivity contribution is 4.69. The number of aromatic nitrogens is 2. The van der Waals surface area contributed by atoms with Gasteiger partial charge in [-0.05, 0) is 0 Å². The lowest BCUT2D eigenvalue weighted by atomic mass is 10.8. The zero-order chi connectivity index (χ0) is 6.85. The minimum Gasteiger partial charge on any atom is -0.403 e. The van der Waals surface area contributed by atoms with Gasteiger partial charge in [-0.3, -0.25) is 4.79 Å². The lowest BCUT2D eigenvalue weighted by Gasteiger charge is -1.82. The first kappa shape index (κ1) is 5.74. The molecule has 0 amide bonds. The number of H-pyrrole nitrogens is 1. The van der Waals surface area contributed by atoms with E-state index in [0.717, 1.165) is 0 Å². The predicted molar refractivity (Wildman–Crippen MR) is 28.1 cm³/mol. The maximum absolute atomic E-state index is 10.3. The summed E-state index contributed by atoms with van der Waals surface area (Å²) >= 11 is 0. The van der Waals surface area contributed by atoms with Crippen LogP contribution in [0.1, 0.15) is 5.89 Å². The summed E-state index contributed by atoms with van der Waals surface area (Å²) in [7, 11) is 0. The van der Waals surface area contributed by atoms with E-state index in [1.54, 1.807) is 0 Å². The van der Waals surface area contributed by atoms with Gasteiger partial charge in [0, 0.05) is 6.92 Å². The summed E-state index contributed by atoms with van der Waals surface area (Å²) in [6.07, 6.45) is 0. The van der Waals surface area contributed by atoms with E-state index in [0.29, 0.717) is 0 Å². The largest absolute Gasteiger partial charge is 0.405 e. The van der Waals surface area contributed by atoms with E-state index in [1.807, 2.05) is 5.10 Å². The van der Waals surface area contributed by atoms with Crippen LogP contribution < -0.4 is 11.2 Å². The fraction of sp³-hybridized carbons (Fsp3) is 0.250. The van der Waals surface area contributed by atoms with Crippen molar-refractivity contribution in [1.82, 2.24) is 10.2 Å². The van der Waals surface area contributed by atoms with Crippen LogP contribution in [0.2, 0.25) is 0 Å². The Morgan fingerprint density at radius 2 is 2.22 bits per heavy atom. The van der Waals surface area contributed by atoms with Crippen LogP contribution in [0.5, 0.6) is 0 Å². The van der Waals surface area contributed by atoms with Crippen molar-refractivity contribution in [3.63, 3.8) is 0 Å². The number of hydrogen-bond donors (Lipinski definition) is 1. The Kier molecular flexibility index (Phi) is 1.18. The SMILES string of the molecule is Cc1n[nH]c(=O)c(=O)o1. The molecule has 1 N–H and O–H groups in total. The quantitative estimate of drug-likeness (QED) is 0.456. The minimum absolute atomic E-state index is 0.152. The van der Waals surface area contributed by atoms with Gasteiger partial charge in [0.05, 0.1) is 0 Å². The molecule has 1 aromatic heterocycles. The lowest BCUT2D eigenvalue weighted by molar-refractivity contribution is 0.431. The molecule has 0 spiro atoms. The average Bonchev–Trinajstić information content (AvgIpc) is 1.80. The van der Waals surface area contributed by atoms with E-state index < -0.39 is 11.2 Å². The van der Waals surface area contributed by atoms with Crippen LogP contribution in [0.25, 0.3) is 0 Å². The highest BCUT2D eigenvalue weighted by Gasteiger charge is 1.93. The van der Waals surface area contributed by atoms with Gasteiger partial charge in [0.2, 0.25) is 5.89 Å². The molecule has 0 fully saturated rings. The molecule has 0 saturated carbocycles. The second-order valence-corrected chi connectivity index (χ2v) is 1.46. The Morgan fingerprint density at radius 1 is 1.56 bits per heavy atom. The van der Waals surface area contributed by atoms with Gasteiger partial charge in [0.1, 0.15) is 0 Å². The fourth-order valence-corrected chi connectivity index (χ4v) is 0.378. The molecule has 5 nitrogen and oxygen atoms in total. The van der Waals surface area contributed by atoms with E-state index in [1.165, 1.54) is 6.92 Å². The van der Waals surface area contributed by atoms with Crippen molar-refractivity contribution in [3.8, 4) is 0 Å². The molecule has 0 aliphatic rings. The summed E-state index contributed by atoms with van der Waals surface area (Å²) in [6, 6.07) is 0. The Bertz CT molecular complexity index is 310. The minimum atomic E-state index is -0.914. The van der Waals surface area contributed by atoms with E-state index in [-0.39, 0.29) is 5.89 Å². The second kappa shape index (κ2) is 1.85. The van der Waals surface area contributed by atoms with Crippen molar-refractivity contribution in [2.75, 3.05) is 0 Å². The highest BCUT2D eigenvalue weighted by Crippen LogP contribution is 1.73. The average molecular weight is 128 g/mol. The predicted octanol–water partition coefficient (Wildman–Crippen LogP) is -0.968. The summed E-state index contributed by atoms with van der Waals surface area (Å²) in [5.41, 5.74) is -1.75. The molecular formula is C4H4N2O3. The Hall–Kier alpha value is -1.39. The van der Waals surface area contributed by atoms with Gasteiger partial charge in [-0.15, -0.1) is 5.10 Å². The third kappa shape index (κ3) is 1.04. The van der Waals surface area contributed by atoms with Crippen LogP contribution in [0.15, 0.2) is 14.0 Å². The molecule has 5 heteroatoms. The summed E-state index contributed by atoms with van der Waals surface area (Å²) in [5, 5.41) is 5.29. The summed E-state index contributed by atoms with van der Waals surface area (Å²) in [6.45, 7) is 1.47. The van der Waals surface area contributed by atoms with Crippen LogP contribution in [0.4, 0.5) is 0 Å². The van der Waals surface area contributed by atoms with Crippen molar-refractivity contribution in [3.05, 3.63) is 26.7 Å². The van der Waals surface area contributed by atoms with Crippen molar-refractivity contribution >= 4 is 0 Å². The molecule has 9 heavy (non-hydrogen) atoms. The number of aryl methyl sites for hydroxylation is 1. The summed E-state index contributed by atoms with van der Waals surface area (Å²) in [4.78, 5) is 20.5. The van der Waals surface area contributed by atoms with Gasteiger partial charge in [-0.2, -0.15) is 0 Å². The Morgan fingerprint density at radius 3 is 2.67 bits per heavy atom. The molecule has 0 aromatic carbocycles. The number of hydrogen-bond acceptors (Lipinski definition) is 4. The number of nitrogens with zero attached hydrogens (tertiary/aromatic N) is 1. The van der Waals surface area contributed by atoms with Gasteiger partial charge in [0.15, 0.2) is 0 Å². The number of nitrogens with one attached hydrogen (secondary N) is 1. The van der Waals surface area contributed by atoms with Crippen LogP contribution >= 0.6 is 0 Å². The first-order chi connectivity index (χ1) is 4.20. The van der Waals surface area contributed by atoms with Crippen molar-refractivity contribution in [1.29, 1.82) is 0 Å². The molecule has 1 rings (SSSR count). The van der Waals surface area contributed by atoms with Gasteiger partial charge in [0.25, 0.3) is 0 Å². The van der Waals surface area contributed by atoms with Crippen molar-refractivity contribution in [2.45, 2.75) is 6.92 Å². The zero-order valence-electron chi connectivity index (χ0n) is 4.67. The van der Waals surface area contributed by atoms with Gasteiger partial charge in [-0.1, -0.05) is 0 Å². The van der Waals surface area contributed by atoms with Crippen molar-refractivity contribution in [2.24, 2.45) is 0 Å². The van der Waals surface area contributed by atoms with Gasteiger partial charge in [-0.25, -0.2) is 9.89 Å². The first-order valence-electron chi connectivity index (χ1n) is 2.26. The fourth-order valence-electron chi connectivity index (χ4n) is 0.378. The molecule has 0 aliphatic carbocycles. The van der Waals surface area contributed by atoms with E-state index >= 15 is 0 Å². The molecule has 1 aromatic rings. The monoisotopic (exact) mass is 128 g/mol. The van der Waals surface area contributed by atoms with E-state index in [9.17, 15) is 9.59 Å².